The van der Waals surface area contributed by atoms with Gasteiger partial charge in [0, 0.05) is 11.5 Å². The molecule has 0 saturated heterocycles. The van der Waals surface area contributed by atoms with Gasteiger partial charge in [0.05, 0.1) is 27.3 Å². The lowest BCUT2D eigenvalue weighted by molar-refractivity contribution is -0.385. The largest absolute Gasteiger partial charge is 0.460 e. The van der Waals surface area contributed by atoms with Gasteiger partial charge in [-0.3, -0.25) is 14.9 Å². The lowest BCUT2D eigenvalue weighted by Gasteiger charge is -2.11. The van der Waals surface area contributed by atoms with E-state index < -0.39 is 4.92 Å². The van der Waals surface area contributed by atoms with Crippen LogP contribution in [-0.2, 0) is 0 Å². The molecule has 2 heterocycles. The van der Waals surface area contributed by atoms with Crippen LogP contribution in [0.4, 0.5) is 11.4 Å². The summed E-state index contributed by atoms with van der Waals surface area (Å²) in [4.78, 5) is 28.4. The second-order valence-electron chi connectivity index (χ2n) is 6.64. The van der Waals surface area contributed by atoms with Gasteiger partial charge >= 0.3 is 0 Å². The Morgan fingerprint density at radius 2 is 1.86 bits per heavy atom. The van der Waals surface area contributed by atoms with Gasteiger partial charge in [0.15, 0.2) is 5.76 Å². The fourth-order valence-electron chi connectivity index (χ4n) is 3.21. The zero-order valence-electron chi connectivity index (χ0n) is 15.8. The molecule has 144 valence electrons. The first-order valence-electron chi connectivity index (χ1n) is 8.96. The molecule has 29 heavy (non-hydrogen) atoms. The number of rotatable bonds is 4. The lowest BCUT2D eigenvalue weighted by atomic mass is 10.1. The van der Waals surface area contributed by atoms with Crippen molar-refractivity contribution in [2.24, 2.45) is 0 Å². The summed E-state index contributed by atoms with van der Waals surface area (Å²) < 4.78 is 5.66. The average molecular weight is 387 g/mol. The third-order valence-electron chi connectivity index (χ3n) is 4.70. The number of amides is 1. The van der Waals surface area contributed by atoms with Crippen LogP contribution in [0.15, 0.2) is 65.1 Å². The predicted octanol–water partition coefficient (Wildman–Crippen LogP) is 5.27. The zero-order valence-corrected chi connectivity index (χ0v) is 15.8. The van der Waals surface area contributed by atoms with Crippen molar-refractivity contribution in [2.75, 3.05) is 5.32 Å². The molecule has 2 aromatic heterocycles. The first kappa shape index (κ1) is 18.4. The van der Waals surface area contributed by atoms with Crippen LogP contribution in [0.1, 0.15) is 21.7 Å². The summed E-state index contributed by atoms with van der Waals surface area (Å²) in [5.41, 5.74) is 2.34. The van der Waals surface area contributed by atoms with E-state index in [1.54, 1.807) is 31.2 Å². The molecule has 0 radical (unpaired) electrons. The Bertz CT molecular complexity index is 1260. The fourth-order valence-corrected chi connectivity index (χ4v) is 3.21. The summed E-state index contributed by atoms with van der Waals surface area (Å²) in [6, 6.07) is 17.2. The van der Waals surface area contributed by atoms with Crippen LogP contribution in [-0.4, -0.2) is 15.8 Å². The van der Waals surface area contributed by atoms with E-state index >= 15 is 0 Å². The number of aryl methyl sites for hydroxylation is 1. The minimum Gasteiger partial charge on any atom is -0.460 e. The van der Waals surface area contributed by atoms with Crippen LogP contribution in [0.3, 0.4) is 0 Å². The van der Waals surface area contributed by atoms with Gasteiger partial charge in [-0.15, -0.1) is 0 Å². The summed E-state index contributed by atoms with van der Waals surface area (Å²) >= 11 is 0. The minimum absolute atomic E-state index is 0.0471. The van der Waals surface area contributed by atoms with Crippen molar-refractivity contribution in [3.8, 4) is 11.5 Å². The van der Waals surface area contributed by atoms with Crippen molar-refractivity contribution in [1.82, 2.24) is 4.98 Å². The number of pyridine rings is 1. The molecule has 4 aromatic rings. The van der Waals surface area contributed by atoms with Crippen LogP contribution in [0.25, 0.3) is 22.4 Å². The molecule has 0 saturated carbocycles. The smallest absolute Gasteiger partial charge is 0.274 e. The van der Waals surface area contributed by atoms with Gasteiger partial charge in [0.1, 0.15) is 11.5 Å². The molecular weight excluding hydrogens is 370 g/mol. The third kappa shape index (κ3) is 3.45. The van der Waals surface area contributed by atoms with Gasteiger partial charge in [-0.25, -0.2) is 4.98 Å². The Labute approximate surface area is 166 Å². The van der Waals surface area contributed by atoms with Crippen molar-refractivity contribution in [2.45, 2.75) is 13.8 Å². The molecule has 0 bridgehead atoms. The molecule has 1 N–H and O–H groups in total. The molecule has 1 amide bonds. The van der Waals surface area contributed by atoms with Crippen LogP contribution >= 0.6 is 0 Å². The molecule has 0 spiro atoms. The van der Waals surface area contributed by atoms with Crippen LogP contribution in [0.2, 0.25) is 0 Å². The Morgan fingerprint density at radius 1 is 1.07 bits per heavy atom. The van der Waals surface area contributed by atoms with Gasteiger partial charge in [-0.05, 0) is 44.2 Å². The van der Waals surface area contributed by atoms with Crippen LogP contribution < -0.4 is 5.32 Å². The number of carbonyl (C=O) groups excluding carboxylic acids is 1. The van der Waals surface area contributed by atoms with E-state index in [2.05, 4.69) is 10.3 Å². The molecule has 0 fully saturated rings. The zero-order chi connectivity index (χ0) is 20.5. The molecule has 7 heteroatoms. The number of nitro benzene ring substituents is 1. The SMILES string of the molecule is Cc1ccc(-c2cc(C(=O)Nc3cccc([N+](=O)[O-])c3C)c3ccccc3n2)o1. The molecule has 4 rings (SSSR count). The number of aromatic nitrogens is 1. The van der Waals surface area contributed by atoms with E-state index in [1.165, 1.54) is 6.07 Å². The monoisotopic (exact) mass is 387 g/mol. The molecule has 0 aliphatic rings. The highest BCUT2D eigenvalue weighted by Gasteiger charge is 2.19. The molecular formula is C22H17N3O4. The molecule has 0 atom stereocenters. The number of fused-ring (bicyclic) bond motifs is 1. The van der Waals surface area contributed by atoms with Crippen molar-refractivity contribution in [1.29, 1.82) is 0 Å². The summed E-state index contributed by atoms with van der Waals surface area (Å²) in [5, 5.41) is 14.7. The Hall–Kier alpha value is -4.00. The fraction of sp³-hybridized carbons (Fsp3) is 0.0909. The predicted molar refractivity (Wildman–Crippen MR) is 110 cm³/mol. The van der Waals surface area contributed by atoms with Crippen molar-refractivity contribution in [3.63, 3.8) is 0 Å². The van der Waals surface area contributed by atoms with E-state index in [4.69, 9.17) is 4.42 Å². The maximum absolute atomic E-state index is 13.1. The molecule has 0 aliphatic heterocycles. The van der Waals surface area contributed by atoms with E-state index in [0.717, 1.165) is 5.76 Å². The number of nitrogens with zero attached hydrogens (tertiary/aromatic N) is 2. The average Bonchev–Trinajstić information content (AvgIpc) is 3.14. The minimum atomic E-state index is -0.468. The van der Waals surface area contributed by atoms with Crippen molar-refractivity contribution >= 4 is 28.2 Å². The molecule has 7 nitrogen and oxygen atoms in total. The highest BCUT2D eigenvalue weighted by Crippen LogP contribution is 2.29. The summed E-state index contributed by atoms with van der Waals surface area (Å²) in [5.74, 6) is 0.929. The van der Waals surface area contributed by atoms with E-state index in [0.29, 0.717) is 39.2 Å². The molecule has 0 unspecified atom stereocenters. The quantitative estimate of drug-likeness (QED) is 0.380. The number of carbonyl (C=O) groups is 1. The summed E-state index contributed by atoms with van der Waals surface area (Å²) in [7, 11) is 0. The topological polar surface area (TPSA) is 98.3 Å². The lowest BCUT2D eigenvalue weighted by Crippen LogP contribution is -2.14. The highest BCUT2D eigenvalue weighted by molar-refractivity contribution is 6.13. The van der Waals surface area contributed by atoms with E-state index in [1.807, 2.05) is 37.3 Å². The number of para-hydroxylation sites is 1. The Morgan fingerprint density at radius 3 is 2.59 bits per heavy atom. The first-order chi connectivity index (χ1) is 13.9. The van der Waals surface area contributed by atoms with Crippen molar-refractivity contribution < 1.29 is 14.1 Å². The Kier molecular flexibility index (Phi) is 4.56. The maximum Gasteiger partial charge on any atom is 0.274 e. The van der Waals surface area contributed by atoms with Crippen LogP contribution in [0.5, 0.6) is 0 Å². The van der Waals surface area contributed by atoms with Gasteiger partial charge < -0.3 is 9.73 Å². The number of hydrogen-bond donors (Lipinski definition) is 1. The van der Waals surface area contributed by atoms with Gasteiger partial charge in [0.25, 0.3) is 11.6 Å². The summed E-state index contributed by atoms with van der Waals surface area (Å²) in [6.45, 7) is 3.44. The van der Waals surface area contributed by atoms with Crippen LogP contribution in [0, 0.1) is 24.0 Å². The number of nitro groups is 1. The number of furan rings is 1. The second kappa shape index (κ2) is 7.20. The number of anilines is 1. The second-order valence-corrected chi connectivity index (χ2v) is 6.64. The van der Waals surface area contributed by atoms with Crippen molar-refractivity contribution in [3.05, 3.63) is 87.7 Å². The highest BCUT2D eigenvalue weighted by atomic mass is 16.6. The maximum atomic E-state index is 13.1. The number of nitrogens with one attached hydrogen (secondary N) is 1. The number of benzene rings is 2. The molecule has 0 aliphatic carbocycles. The third-order valence-corrected chi connectivity index (χ3v) is 4.70. The summed E-state index contributed by atoms with van der Waals surface area (Å²) in [6.07, 6.45) is 0. The van der Waals surface area contributed by atoms with E-state index in [9.17, 15) is 14.9 Å². The van der Waals surface area contributed by atoms with Gasteiger partial charge in [0.2, 0.25) is 0 Å². The first-order valence-corrected chi connectivity index (χ1v) is 8.96. The Balaban J connectivity index is 1.80. The van der Waals surface area contributed by atoms with Gasteiger partial charge in [-0.2, -0.15) is 0 Å². The normalized spacial score (nSPS) is 10.8. The van der Waals surface area contributed by atoms with Gasteiger partial charge in [-0.1, -0.05) is 24.3 Å². The molecule has 2 aromatic carbocycles. The number of hydrogen-bond acceptors (Lipinski definition) is 5. The van der Waals surface area contributed by atoms with E-state index in [-0.39, 0.29) is 11.6 Å². The standard InChI is InChI=1S/C22H17N3O4/c1-13-10-11-21(29-13)19-12-16(15-6-3-4-7-18(15)23-19)22(26)24-17-8-5-9-20(14(17)2)25(27)28/h3-12H,1-2H3,(H,24,26).